The molecule has 0 aromatic heterocycles. The lowest BCUT2D eigenvalue weighted by Gasteiger charge is -1.96. The van der Waals surface area contributed by atoms with Gasteiger partial charge in [0.15, 0.2) is 11.6 Å². The van der Waals surface area contributed by atoms with Gasteiger partial charge in [0.1, 0.15) is 5.82 Å². The molecule has 0 saturated carbocycles. The Morgan fingerprint density at radius 2 is 1.71 bits per heavy atom. The smallest absolute Gasteiger partial charge is 0.161 e. The molecule has 4 heteroatoms. The molecule has 1 atom stereocenters. The van der Waals surface area contributed by atoms with Gasteiger partial charge in [-0.3, -0.25) is 0 Å². The summed E-state index contributed by atoms with van der Waals surface area (Å²) in [6.07, 6.45) is 0. The molecule has 1 rings (SSSR count). The summed E-state index contributed by atoms with van der Waals surface area (Å²) in [6.45, 7) is 1.60. The van der Waals surface area contributed by atoms with Crippen LogP contribution in [0.2, 0.25) is 0 Å². The SMILES string of the molecule is CC(N)C#Cc1cc(F)c(F)cc1F. The van der Waals surface area contributed by atoms with Crippen molar-refractivity contribution in [1.29, 1.82) is 0 Å². The van der Waals surface area contributed by atoms with Gasteiger partial charge in [0.25, 0.3) is 0 Å². The monoisotopic (exact) mass is 199 g/mol. The molecule has 0 aliphatic carbocycles. The van der Waals surface area contributed by atoms with Gasteiger partial charge in [-0.1, -0.05) is 11.8 Å². The molecule has 1 unspecified atom stereocenters. The highest BCUT2D eigenvalue weighted by Crippen LogP contribution is 2.12. The third kappa shape index (κ3) is 2.51. The predicted molar refractivity (Wildman–Crippen MR) is 46.8 cm³/mol. The Balaban J connectivity index is 3.12. The zero-order chi connectivity index (χ0) is 10.7. The molecule has 2 N–H and O–H groups in total. The minimum atomic E-state index is -1.23. The summed E-state index contributed by atoms with van der Waals surface area (Å²) < 4.78 is 38.0. The Hall–Kier alpha value is -1.47. The third-order valence-corrected chi connectivity index (χ3v) is 1.44. The topological polar surface area (TPSA) is 26.0 Å². The molecule has 0 amide bonds. The fraction of sp³-hybridized carbons (Fsp3) is 0.200. The standard InChI is InChI=1S/C10H8F3N/c1-6(14)2-3-7-4-9(12)10(13)5-8(7)11/h4-6H,14H2,1H3. The van der Waals surface area contributed by atoms with Gasteiger partial charge in [-0.05, 0) is 13.0 Å². The molecule has 0 fully saturated rings. The summed E-state index contributed by atoms with van der Waals surface area (Å²) >= 11 is 0. The van der Waals surface area contributed by atoms with E-state index in [1.54, 1.807) is 6.92 Å². The second-order valence-electron chi connectivity index (χ2n) is 2.80. The second kappa shape index (κ2) is 4.16. The predicted octanol–water partition coefficient (Wildman–Crippen LogP) is 1.80. The fourth-order valence-electron chi connectivity index (χ4n) is 0.810. The first-order valence-electron chi connectivity index (χ1n) is 3.92. The van der Waals surface area contributed by atoms with E-state index in [4.69, 9.17) is 5.73 Å². The van der Waals surface area contributed by atoms with Crippen LogP contribution in [0.5, 0.6) is 0 Å². The first kappa shape index (κ1) is 10.6. The lowest BCUT2D eigenvalue weighted by Crippen LogP contribution is -2.11. The molecular formula is C10H8F3N. The first-order valence-corrected chi connectivity index (χ1v) is 3.92. The number of nitrogens with two attached hydrogens (primary N) is 1. The van der Waals surface area contributed by atoms with E-state index < -0.39 is 23.5 Å². The minimum Gasteiger partial charge on any atom is -0.318 e. The van der Waals surface area contributed by atoms with E-state index in [1.807, 2.05) is 0 Å². The van der Waals surface area contributed by atoms with Crippen LogP contribution in [-0.2, 0) is 0 Å². The molecule has 0 spiro atoms. The highest BCUT2D eigenvalue weighted by molar-refractivity contribution is 5.36. The molecule has 1 aromatic rings. The maximum atomic E-state index is 12.9. The lowest BCUT2D eigenvalue weighted by atomic mass is 10.2. The van der Waals surface area contributed by atoms with Crippen molar-refractivity contribution in [2.45, 2.75) is 13.0 Å². The Kier molecular flexibility index (Phi) is 3.15. The summed E-state index contributed by atoms with van der Waals surface area (Å²) in [4.78, 5) is 0. The average molecular weight is 199 g/mol. The van der Waals surface area contributed by atoms with Crippen LogP contribution >= 0.6 is 0 Å². The average Bonchev–Trinajstić information content (AvgIpc) is 2.09. The van der Waals surface area contributed by atoms with Crippen LogP contribution in [0.15, 0.2) is 12.1 Å². The normalized spacial score (nSPS) is 11.8. The van der Waals surface area contributed by atoms with Gasteiger partial charge in [0.2, 0.25) is 0 Å². The van der Waals surface area contributed by atoms with Crippen molar-refractivity contribution in [3.63, 3.8) is 0 Å². The molecule has 0 aliphatic rings. The number of benzene rings is 1. The maximum absolute atomic E-state index is 12.9. The van der Waals surface area contributed by atoms with Gasteiger partial charge in [0.05, 0.1) is 11.6 Å². The van der Waals surface area contributed by atoms with Crippen LogP contribution < -0.4 is 5.73 Å². The van der Waals surface area contributed by atoms with Gasteiger partial charge in [0, 0.05) is 6.07 Å². The van der Waals surface area contributed by atoms with E-state index >= 15 is 0 Å². The highest BCUT2D eigenvalue weighted by atomic mass is 19.2. The second-order valence-corrected chi connectivity index (χ2v) is 2.80. The number of halogens is 3. The minimum absolute atomic E-state index is 0.193. The van der Waals surface area contributed by atoms with Crippen molar-refractivity contribution in [3.05, 3.63) is 35.1 Å². The van der Waals surface area contributed by atoms with Gasteiger partial charge < -0.3 is 5.73 Å². The summed E-state index contributed by atoms with van der Waals surface area (Å²) in [5, 5.41) is 0. The molecular weight excluding hydrogens is 191 g/mol. The molecule has 0 saturated heterocycles. The van der Waals surface area contributed by atoms with E-state index in [2.05, 4.69) is 11.8 Å². The zero-order valence-corrected chi connectivity index (χ0v) is 7.44. The summed E-state index contributed by atoms with van der Waals surface area (Å²) in [7, 11) is 0. The maximum Gasteiger partial charge on any atom is 0.161 e. The van der Waals surface area contributed by atoms with Gasteiger partial charge in [-0.15, -0.1) is 0 Å². The number of hydrogen-bond donors (Lipinski definition) is 1. The Labute approximate surface area is 79.7 Å². The van der Waals surface area contributed by atoms with Crippen molar-refractivity contribution in [1.82, 2.24) is 0 Å². The van der Waals surface area contributed by atoms with Crippen molar-refractivity contribution >= 4 is 0 Å². The van der Waals surface area contributed by atoms with Crippen molar-refractivity contribution in [3.8, 4) is 11.8 Å². The van der Waals surface area contributed by atoms with Crippen LogP contribution in [0.3, 0.4) is 0 Å². The van der Waals surface area contributed by atoms with Gasteiger partial charge >= 0.3 is 0 Å². The van der Waals surface area contributed by atoms with E-state index in [0.717, 1.165) is 0 Å². The van der Waals surface area contributed by atoms with Crippen molar-refractivity contribution < 1.29 is 13.2 Å². The number of hydrogen-bond acceptors (Lipinski definition) is 1. The van der Waals surface area contributed by atoms with Crippen LogP contribution in [-0.4, -0.2) is 6.04 Å². The molecule has 0 radical (unpaired) electrons. The third-order valence-electron chi connectivity index (χ3n) is 1.44. The van der Waals surface area contributed by atoms with Crippen LogP contribution in [0.1, 0.15) is 12.5 Å². The molecule has 14 heavy (non-hydrogen) atoms. The van der Waals surface area contributed by atoms with Crippen LogP contribution in [0.4, 0.5) is 13.2 Å². The van der Waals surface area contributed by atoms with Gasteiger partial charge in [-0.2, -0.15) is 0 Å². The van der Waals surface area contributed by atoms with E-state index in [0.29, 0.717) is 12.1 Å². The van der Waals surface area contributed by atoms with Gasteiger partial charge in [-0.25, -0.2) is 13.2 Å². The van der Waals surface area contributed by atoms with E-state index in [1.165, 1.54) is 0 Å². The molecule has 0 heterocycles. The Morgan fingerprint density at radius 3 is 2.29 bits per heavy atom. The molecule has 1 nitrogen and oxygen atoms in total. The first-order chi connectivity index (χ1) is 6.50. The molecule has 74 valence electrons. The van der Waals surface area contributed by atoms with Crippen molar-refractivity contribution in [2.75, 3.05) is 0 Å². The summed E-state index contributed by atoms with van der Waals surface area (Å²) in [5.41, 5.74) is 5.10. The summed E-state index contributed by atoms with van der Waals surface area (Å²) in [6, 6.07) is 0.725. The van der Waals surface area contributed by atoms with E-state index in [-0.39, 0.29) is 5.56 Å². The fourth-order valence-corrected chi connectivity index (χ4v) is 0.810. The summed E-state index contributed by atoms with van der Waals surface area (Å²) in [5.74, 6) is 1.53. The zero-order valence-electron chi connectivity index (χ0n) is 7.44. The Bertz CT molecular complexity index is 402. The molecule has 1 aromatic carbocycles. The largest absolute Gasteiger partial charge is 0.318 e. The van der Waals surface area contributed by atoms with E-state index in [9.17, 15) is 13.2 Å². The number of rotatable bonds is 0. The quantitative estimate of drug-likeness (QED) is 0.500. The molecule has 0 aliphatic heterocycles. The molecule has 0 bridgehead atoms. The lowest BCUT2D eigenvalue weighted by molar-refractivity contribution is 0.494. The van der Waals surface area contributed by atoms with Crippen molar-refractivity contribution in [2.24, 2.45) is 5.73 Å². The van der Waals surface area contributed by atoms with Crippen LogP contribution in [0.25, 0.3) is 0 Å². The highest BCUT2D eigenvalue weighted by Gasteiger charge is 2.07. The van der Waals surface area contributed by atoms with Crippen LogP contribution in [0, 0.1) is 29.3 Å². The Morgan fingerprint density at radius 1 is 1.14 bits per heavy atom.